The van der Waals surface area contributed by atoms with Crippen LogP contribution < -0.4 is 5.32 Å². The molecule has 0 saturated carbocycles. The van der Waals surface area contributed by atoms with Crippen LogP contribution in [0.15, 0.2) is 40.7 Å². The van der Waals surface area contributed by atoms with Gasteiger partial charge in [0.1, 0.15) is 10.3 Å². The summed E-state index contributed by atoms with van der Waals surface area (Å²) in [7, 11) is -1.60. The van der Waals surface area contributed by atoms with Crippen molar-refractivity contribution in [2.24, 2.45) is 0 Å². The molecule has 4 nitrogen and oxygen atoms in total. The van der Waals surface area contributed by atoms with Gasteiger partial charge in [0, 0.05) is 11.6 Å². The minimum atomic E-state index is -3.42. The predicted octanol–water partition coefficient (Wildman–Crippen LogP) is 2.58. The van der Waals surface area contributed by atoms with Gasteiger partial charge in [-0.3, -0.25) is 0 Å². The van der Waals surface area contributed by atoms with E-state index in [9.17, 15) is 8.42 Å². The fourth-order valence-corrected chi connectivity index (χ4v) is 5.15. The average molecular weight is 310 g/mol. The van der Waals surface area contributed by atoms with E-state index in [1.54, 1.807) is 18.3 Å². The first-order valence-corrected chi connectivity index (χ1v) is 8.83. The zero-order valence-electron chi connectivity index (χ0n) is 11.5. The summed E-state index contributed by atoms with van der Waals surface area (Å²) < 4.78 is 25.8. The first-order chi connectivity index (χ1) is 9.57. The summed E-state index contributed by atoms with van der Waals surface area (Å²) >= 11 is 1.39. The van der Waals surface area contributed by atoms with Crippen LogP contribution in [-0.2, 0) is 9.84 Å². The lowest BCUT2D eigenvalue weighted by atomic mass is 10.2. The van der Waals surface area contributed by atoms with Crippen molar-refractivity contribution in [3.8, 4) is 0 Å². The lowest BCUT2D eigenvalue weighted by Gasteiger charge is -2.17. The zero-order chi connectivity index (χ0) is 14.6. The SMILES string of the molecule is CNCCC(c1nccs1)S(=O)(=O)c1ccccc1C. The van der Waals surface area contributed by atoms with Crippen molar-refractivity contribution < 1.29 is 8.42 Å². The van der Waals surface area contributed by atoms with Crippen LogP contribution in [0.25, 0.3) is 0 Å². The fraction of sp³-hybridized carbons (Fsp3) is 0.357. The molecule has 1 atom stereocenters. The molecule has 1 aromatic heterocycles. The van der Waals surface area contributed by atoms with Gasteiger partial charge < -0.3 is 5.32 Å². The van der Waals surface area contributed by atoms with E-state index in [4.69, 9.17) is 0 Å². The molecule has 0 fully saturated rings. The van der Waals surface area contributed by atoms with Gasteiger partial charge in [0.05, 0.1) is 4.90 Å². The van der Waals surface area contributed by atoms with E-state index in [0.717, 1.165) is 5.56 Å². The van der Waals surface area contributed by atoms with Crippen LogP contribution in [-0.4, -0.2) is 27.0 Å². The number of nitrogens with zero attached hydrogens (tertiary/aromatic N) is 1. The minimum Gasteiger partial charge on any atom is -0.320 e. The van der Waals surface area contributed by atoms with Gasteiger partial charge in [-0.2, -0.15) is 0 Å². The number of hydrogen-bond acceptors (Lipinski definition) is 5. The number of aryl methyl sites for hydroxylation is 1. The third-order valence-electron chi connectivity index (χ3n) is 3.16. The van der Waals surface area contributed by atoms with Gasteiger partial charge in [-0.05, 0) is 38.6 Å². The highest BCUT2D eigenvalue weighted by molar-refractivity contribution is 7.91. The van der Waals surface area contributed by atoms with Gasteiger partial charge in [0.25, 0.3) is 0 Å². The third-order valence-corrected chi connectivity index (χ3v) is 6.48. The largest absolute Gasteiger partial charge is 0.320 e. The summed E-state index contributed by atoms with van der Waals surface area (Å²) in [6.07, 6.45) is 2.17. The van der Waals surface area contributed by atoms with Crippen LogP contribution in [0.2, 0.25) is 0 Å². The number of rotatable bonds is 6. The summed E-state index contributed by atoms with van der Waals surface area (Å²) in [5.41, 5.74) is 0.776. The summed E-state index contributed by atoms with van der Waals surface area (Å²) in [5.74, 6) is 0. The molecular weight excluding hydrogens is 292 g/mol. The van der Waals surface area contributed by atoms with Gasteiger partial charge in [-0.25, -0.2) is 13.4 Å². The number of sulfone groups is 1. The van der Waals surface area contributed by atoms with Crippen LogP contribution in [0, 0.1) is 6.92 Å². The van der Waals surface area contributed by atoms with Crippen molar-refractivity contribution in [1.82, 2.24) is 10.3 Å². The average Bonchev–Trinajstić information content (AvgIpc) is 2.93. The molecule has 0 aliphatic heterocycles. The van der Waals surface area contributed by atoms with E-state index >= 15 is 0 Å². The first kappa shape index (κ1) is 15.2. The molecule has 1 heterocycles. The second-order valence-corrected chi connectivity index (χ2v) is 7.59. The van der Waals surface area contributed by atoms with Gasteiger partial charge in [0.2, 0.25) is 0 Å². The van der Waals surface area contributed by atoms with Crippen molar-refractivity contribution >= 4 is 21.2 Å². The fourth-order valence-electron chi connectivity index (χ4n) is 2.11. The molecule has 0 saturated heterocycles. The second kappa shape index (κ2) is 6.47. The van der Waals surface area contributed by atoms with E-state index in [1.807, 2.05) is 31.5 Å². The molecule has 0 radical (unpaired) electrons. The summed E-state index contributed by atoms with van der Waals surface area (Å²) in [5, 5.41) is 4.89. The molecule has 1 unspecified atom stereocenters. The van der Waals surface area contributed by atoms with Crippen LogP contribution in [0.1, 0.15) is 22.2 Å². The monoisotopic (exact) mass is 310 g/mol. The summed E-state index contributed by atoms with van der Waals surface area (Å²) in [6.45, 7) is 2.46. The van der Waals surface area contributed by atoms with Crippen LogP contribution >= 0.6 is 11.3 Å². The van der Waals surface area contributed by atoms with Crippen LogP contribution in [0.5, 0.6) is 0 Å². The Kier molecular flexibility index (Phi) is 4.91. The van der Waals surface area contributed by atoms with Crippen molar-refractivity contribution in [1.29, 1.82) is 0 Å². The molecule has 2 rings (SSSR count). The van der Waals surface area contributed by atoms with Gasteiger partial charge in [0.15, 0.2) is 9.84 Å². The molecule has 108 valence electrons. The van der Waals surface area contributed by atoms with E-state index in [-0.39, 0.29) is 0 Å². The Morgan fingerprint density at radius 3 is 2.70 bits per heavy atom. The Morgan fingerprint density at radius 1 is 1.35 bits per heavy atom. The number of hydrogen-bond donors (Lipinski definition) is 1. The van der Waals surface area contributed by atoms with Crippen LogP contribution in [0.3, 0.4) is 0 Å². The molecular formula is C14H18N2O2S2. The molecule has 0 amide bonds. The summed E-state index contributed by atoms with van der Waals surface area (Å²) in [4.78, 5) is 4.60. The Morgan fingerprint density at radius 2 is 2.10 bits per heavy atom. The highest BCUT2D eigenvalue weighted by Gasteiger charge is 2.31. The maximum Gasteiger partial charge on any atom is 0.188 e. The smallest absolute Gasteiger partial charge is 0.188 e. The highest BCUT2D eigenvalue weighted by Crippen LogP contribution is 2.33. The topological polar surface area (TPSA) is 59.1 Å². The molecule has 2 aromatic rings. The zero-order valence-corrected chi connectivity index (χ0v) is 13.2. The lowest BCUT2D eigenvalue weighted by molar-refractivity contribution is 0.570. The Balaban J connectivity index is 2.45. The molecule has 1 aromatic carbocycles. The number of aromatic nitrogens is 1. The quantitative estimate of drug-likeness (QED) is 0.891. The lowest BCUT2D eigenvalue weighted by Crippen LogP contribution is -2.20. The van der Waals surface area contributed by atoms with Crippen molar-refractivity contribution in [2.75, 3.05) is 13.6 Å². The predicted molar refractivity (Wildman–Crippen MR) is 81.8 cm³/mol. The van der Waals surface area contributed by atoms with E-state index in [2.05, 4.69) is 10.3 Å². The number of thiazole rings is 1. The standard InChI is InChI=1S/C14H18N2O2S2/c1-11-5-3-4-6-12(11)20(17,18)13(7-8-15-2)14-16-9-10-19-14/h3-6,9-10,13,15H,7-8H2,1-2H3. The van der Waals surface area contributed by atoms with Crippen molar-refractivity contribution in [3.05, 3.63) is 46.4 Å². The molecule has 6 heteroatoms. The highest BCUT2D eigenvalue weighted by atomic mass is 32.2. The van der Waals surface area contributed by atoms with E-state index in [0.29, 0.717) is 22.9 Å². The second-order valence-electron chi connectivity index (χ2n) is 4.56. The Labute approximate surface area is 123 Å². The third kappa shape index (κ3) is 3.08. The molecule has 0 spiro atoms. The summed E-state index contributed by atoms with van der Waals surface area (Å²) in [6, 6.07) is 7.10. The molecule has 1 N–H and O–H groups in total. The molecule has 0 bridgehead atoms. The van der Waals surface area contributed by atoms with E-state index < -0.39 is 15.1 Å². The number of benzene rings is 1. The van der Waals surface area contributed by atoms with Crippen molar-refractivity contribution in [3.63, 3.8) is 0 Å². The van der Waals surface area contributed by atoms with Gasteiger partial charge >= 0.3 is 0 Å². The van der Waals surface area contributed by atoms with Gasteiger partial charge in [-0.1, -0.05) is 18.2 Å². The molecule has 20 heavy (non-hydrogen) atoms. The van der Waals surface area contributed by atoms with Crippen molar-refractivity contribution in [2.45, 2.75) is 23.5 Å². The number of nitrogens with one attached hydrogen (secondary N) is 1. The maximum atomic E-state index is 12.9. The normalized spacial score (nSPS) is 13.3. The Hall–Kier alpha value is -1.24. The molecule has 0 aliphatic carbocycles. The van der Waals surface area contributed by atoms with E-state index in [1.165, 1.54) is 11.3 Å². The Bertz CT molecular complexity index is 652. The van der Waals surface area contributed by atoms with Crippen LogP contribution in [0.4, 0.5) is 0 Å². The van der Waals surface area contributed by atoms with Gasteiger partial charge in [-0.15, -0.1) is 11.3 Å². The molecule has 0 aliphatic rings. The first-order valence-electron chi connectivity index (χ1n) is 6.41. The minimum absolute atomic E-state index is 0.399. The maximum absolute atomic E-state index is 12.9.